The third kappa shape index (κ3) is 5.85. The normalized spacial score (nSPS) is 21.3. The lowest BCUT2D eigenvalue weighted by Gasteiger charge is -2.19. The maximum Gasteiger partial charge on any atom is 0.330 e. The van der Waals surface area contributed by atoms with Crippen LogP contribution in [0.25, 0.3) is 0 Å². The molecule has 2 heterocycles. The van der Waals surface area contributed by atoms with Crippen molar-refractivity contribution in [2.75, 3.05) is 12.4 Å². The van der Waals surface area contributed by atoms with Crippen molar-refractivity contribution in [1.82, 2.24) is 14.9 Å². The maximum atomic E-state index is 12.4. The van der Waals surface area contributed by atoms with Crippen molar-refractivity contribution in [3.05, 3.63) is 60.8 Å². The van der Waals surface area contributed by atoms with Crippen molar-refractivity contribution in [3.8, 4) is 5.75 Å². The van der Waals surface area contributed by atoms with E-state index in [0.29, 0.717) is 16.3 Å². The van der Waals surface area contributed by atoms with E-state index in [-0.39, 0.29) is 30.3 Å². The van der Waals surface area contributed by atoms with Crippen LogP contribution in [-0.2, 0) is 16.0 Å². The van der Waals surface area contributed by atoms with Gasteiger partial charge in [0.25, 0.3) is 11.5 Å². The molecule has 0 aliphatic carbocycles. The van der Waals surface area contributed by atoms with Crippen molar-refractivity contribution >= 4 is 40.7 Å². The second-order valence-electron chi connectivity index (χ2n) is 7.27. The molecular weight excluding hydrogens is 485 g/mol. The molecule has 1 aliphatic rings. The summed E-state index contributed by atoms with van der Waals surface area (Å²) >= 11 is 17.6. The number of aromatic amines is 1. The van der Waals surface area contributed by atoms with Crippen LogP contribution in [0.5, 0.6) is 5.75 Å². The fourth-order valence-corrected chi connectivity index (χ4v) is 3.91. The number of hydrogen-bond acceptors (Lipinski definition) is 6. The van der Waals surface area contributed by atoms with E-state index < -0.39 is 41.7 Å². The average Bonchev–Trinajstić information content (AvgIpc) is 3.10. The number of nitrogens with one attached hydrogen (secondary N) is 2. The van der Waals surface area contributed by atoms with Crippen LogP contribution in [0.1, 0.15) is 25.1 Å². The minimum Gasteiger partial charge on any atom is -0.479 e. The molecule has 3 rings (SSSR count). The summed E-state index contributed by atoms with van der Waals surface area (Å²) in [7, 11) is 0. The number of carbonyl (C=O) groups excluding carboxylic acids is 1. The van der Waals surface area contributed by atoms with Crippen LogP contribution in [0.4, 0.5) is 0 Å². The van der Waals surface area contributed by atoms with Gasteiger partial charge in [-0.25, -0.2) is 4.79 Å². The fourth-order valence-electron chi connectivity index (χ4n) is 3.25. The van der Waals surface area contributed by atoms with E-state index in [1.807, 2.05) is 0 Å². The third-order valence-corrected chi connectivity index (χ3v) is 5.68. The van der Waals surface area contributed by atoms with Gasteiger partial charge in [-0.2, -0.15) is 0 Å². The topological polar surface area (TPSA) is 123 Å². The molecule has 1 fully saturated rings. The van der Waals surface area contributed by atoms with Gasteiger partial charge in [0.1, 0.15) is 18.1 Å². The Morgan fingerprint density at radius 3 is 2.84 bits per heavy atom. The molecule has 12 heteroatoms. The lowest BCUT2D eigenvalue weighted by atomic mass is 10.1. The standard InChI is InChI=1S/C20H22Cl3N3O6/c1-10(31-15-3-2-12(22)6-13(15)23)18(28)24-8-16-14(27)7-17(32-16)26-9-11(4-5-21)19(29)25-20(26)30/h2-3,6,9-10,14,16-17,27H,4-5,7-8H2,1H3,(H,24,28)(H,25,29,30)/t10?,14-,16+,17+/m0/s1. The number of hydrogen-bond donors (Lipinski definition) is 3. The van der Waals surface area contributed by atoms with Gasteiger partial charge in [0.15, 0.2) is 6.10 Å². The molecule has 1 saturated heterocycles. The number of carbonyl (C=O) groups is 1. The first-order valence-corrected chi connectivity index (χ1v) is 11.1. The molecule has 1 aliphatic heterocycles. The number of aliphatic hydroxyl groups excluding tert-OH is 1. The Balaban J connectivity index is 1.59. The fraction of sp³-hybridized carbons (Fsp3) is 0.450. The van der Waals surface area contributed by atoms with Gasteiger partial charge in [0.2, 0.25) is 0 Å². The molecule has 0 radical (unpaired) electrons. The number of benzene rings is 1. The van der Waals surface area contributed by atoms with Gasteiger partial charge in [0.05, 0.1) is 11.1 Å². The van der Waals surface area contributed by atoms with Crippen LogP contribution in [0.2, 0.25) is 10.0 Å². The Bertz CT molecular complexity index is 1090. The Hall–Kier alpha value is -2.04. The monoisotopic (exact) mass is 505 g/mol. The van der Waals surface area contributed by atoms with E-state index in [0.717, 1.165) is 0 Å². The van der Waals surface area contributed by atoms with E-state index >= 15 is 0 Å². The van der Waals surface area contributed by atoms with Crippen molar-refractivity contribution in [1.29, 1.82) is 0 Å². The van der Waals surface area contributed by atoms with Crippen LogP contribution in [0, 0.1) is 0 Å². The number of aliphatic hydroxyl groups is 1. The van der Waals surface area contributed by atoms with E-state index in [4.69, 9.17) is 44.3 Å². The number of alkyl halides is 1. The second-order valence-corrected chi connectivity index (χ2v) is 8.49. The van der Waals surface area contributed by atoms with Crippen LogP contribution >= 0.6 is 34.8 Å². The van der Waals surface area contributed by atoms with E-state index in [9.17, 15) is 19.5 Å². The Kier molecular flexibility index (Phi) is 8.24. The van der Waals surface area contributed by atoms with E-state index in [1.165, 1.54) is 16.8 Å². The van der Waals surface area contributed by atoms with Crippen molar-refractivity contribution < 1.29 is 19.4 Å². The molecule has 1 amide bonds. The molecular formula is C20H22Cl3N3O6. The number of ether oxygens (including phenoxy) is 2. The number of amides is 1. The molecule has 2 aromatic rings. The minimum atomic E-state index is -0.933. The largest absolute Gasteiger partial charge is 0.479 e. The molecule has 0 bridgehead atoms. The third-order valence-electron chi connectivity index (χ3n) is 4.96. The van der Waals surface area contributed by atoms with Crippen LogP contribution in [0.3, 0.4) is 0 Å². The molecule has 4 atom stereocenters. The lowest BCUT2D eigenvalue weighted by molar-refractivity contribution is -0.128. The average molecular weight is 507 g/mol. The smallest absolute Gasteiger partial charge is 0.330 e. The Labute approximate surface area is 198 Å². The summed E-state index contributed by atoms with van der Waals surface area (Å²) in [5.74, 6) is 0.0768. The first kappa shape index (κ1) is 24.6. The molecule has 174 valence electrons. The first-order chi connectivity index (χ1) is 15.2. The minimum absolute atomic E-state index is 0.00874. The second kappa shape index (κ2) is 10.7. The summed E-state index contributed by atoms with van der Waals surface area (Å²) in [5.41, 5.74) is -0.831. The zero-order chi connectivity index (χ0) is 23.4. The van der Waals surface area contributed by atoms with E-state index in [2.05, 4.69) is 10.3 Å². The SMILES string of the molecule is CC(Oc1ccc(Cl)cc1Cl)C(=O)NC[C@H]1O[C@@H](n2cc(CCCl)c(=O)[nH]c2=O)C[C@@H]1O. The predicted octanol–water partition coefficient (Wildman–Crippen LogP) is 1.86. The summed E-state index contributed by atoms with van der Waals surface area (Å²) < 4.78 is 12.5. The number of aryl methyl sites for hydroxylation is 1. The molecule has 1 unspecified atom stereocenters. The molecule has 1 aromatic heterocycles. The van der Waals surface area contributed by atoms with Gasteiger partial charge in [0, 0.05) is 35.6 Å². The Morgan fingerprint density at radius 1 is 1.41 bits per heavy atom. The first-order valence-electron chi connectivity index (χ1n) is 9.82. The summed E-state index contributed by atoms with van der Waals surface area (Å²) in [5, 5.41) is 13.7. The molecule has 1 aromatic carbocycles. The van der Waals surface area contributed by atoms with Gasteiger partial charge in [-0.1, -0.05) is 23.2 Å². The van der Waals surface area contributed by atoms with Crippen LogP contribution in [0.15, 0.2) is 34.0 Å². The zero-order valence-corrected chi connectivity index (χ0v) is 19.3. The number of nitrogens with zero attached hydrogens (tertiary/aromatic N) is 1. The van der Waals surface area contributed by atoms with Crippen LogP contribution in [-0.4, -0.2) is 51.3 Å². The van der Waals surface area contributed by atoms with Crippen molar-refractivity contribution in [2.45, 2.75) is 44.3 Å². The van der Waals surface area contributed by atoms with Gasteiger partial charge in [-0.3, -0.25) is 19.1 Å². The summed E-state index contributed by atoms with van der Waals surface area (Å²) in [6.45, 7) is 1.54. The van der Waals surface area contributed by atoms with Crippen molar-refractivity contribution in [2.24, 2.45) is 0 Å². The molecule has 9 nitrogen and oxygen atoms in total. The highest BCUT2D eigenvalue weighted by molar-refractivity contribution is 6.35. The zero-order valence-electron chi connectivity index (χ0n) is 17.0. The highest BCUT2D eigenvalue weighted by atomic mass is 35.5. The summed E-state index contributed by atoms with van der Waals surface area (Å²) in [6.07, 6.45) is -1.59. The molecule has 0 saturated carbocycles. The Morgan fingerprint density at radius 2 is 2.16 bits per heavy atom. The lowest BCUT2D eigenvalue weighted by Crippen LogP contribution is -2.42. The highest BCUT2D eigenvalue weighted by Crippen LogP contribution is 2.29. The molecule has 0 spiro atoms. The number of H-pyrrole nitrogens is 1. The number of rotatable bonds is 8. The molecule has 32 heavy (non-hydrogen) atoms. The number of aromatic nitrogens is 2. The van der Waals surface area contributed by atoms with Gasteiger partial charge < -0.3 is 19.9 Å². The maximum absolute atomic E-state index is 12.4. The summed E-state index contributed by atoms with van der Waals surface area (Å²) in [4.78, 5) is 38.6. The molecule has 3 N–H and O–H groups in total. The van der Waals surface area contributed by atoms with Crippen molar-refractivity contribution in [3.63, 3.8) is 0 Å². The van der Waals surface area contributed by atoms with Gasteiger partial charge in [-0.05, 0) is 31.5 Å². The summed E-state index contributed by atoms with van der Waals surface area (Å²) in [6, 6.07) is 4.65. The predicted molar refractivity (Wildman–Crippen MR) is 120 cm³/mol. The van der Waals surface area contributed by atoms with E-state index in [1.54, 1.807) is 19.1 Å². The highest BCUT2D eigenvalue weighted by Gasteiger charge is 2.36. The number of halogens is 3. The van der Waals surface area contributed by atoms with Gasteiger partial charge >= 0.3 is 5.69 Å². The van der Waals surface area contributed by atoms with Gasteiger partial charge in [-0.15, -0.1) is 11.6 Å². The quantitative estimate of drug-likeness (QED) is 0.470. The van der Waals surface area contributed by atoms with Crippen LogP contribution < -0.4 is 21.3 Å².